The number of hydrogen-bond acceptors (Lipinski definition) is 1. The average Bonchev–Trinajstić information content (AvgIpc) is 3.14. The third-order valence-electron chi connectivity index (χ3n) is 11.1. The van der Waals surface area contributed by atoms with Gasteiger partial charge < -0.3 is 12.4 Å². The lowest BCUT2D eigenvalue weighted by molar-refractivity contribution is -0.673. The van der Waals surface area contributed by atoms with Gasteiger partial charge in [-0.15, -0.1) is 0 Å². The van der Waals surface area contributed by atoms with Gasteiger partial charge in [0.05, 0.1) is 0 Å². The van der Waals surface area contributed by atoms with Crippen molar-refractivity contribution in [2.24, 2.45) is 53.4 Å². The number of hydrogen-bond donors (Lipinski definition) is 0. The van der Waals surface area contributed by atoms with Crippen LogP contribution in [-0.2, 0) is 7.05 Å². The van der Waals surface area contributed by atoms with Gasteiger partial charge in [0.2, 0.25) is 5.78 Å². The maximum atomic E-state index is 12.8. The fourth-order valence-electron chi connectivity index (χ4n) is 9.44. The molecular formula is C30H44ClNO. The molecule has 3 heteroatoms. The van der Waals surface area contributed by atoms with Crippen LogP contribution in [-0.4, -0.2) is 5.78 Å². The summed E-state index contributed by atoms with van der Waals surface area (Å²) in [5.41, 5.74) is 1.86. The minimum atomic E-state index is 0. The number of pyridine rings is 1. The van der Waals surface area contributed by atoms with Crippen LogP contribution in [0, 0.1) is 46.3 Å². The summed E-state index contributed by atoms with van der Waals surface area (Å²) in [6, 6.07) is 5.85. The molecule has 0 amide bonds. The zero-order valence-electron chi connectivity index (χ0n) is 21.2. The highest BCUT2D eigenvalue weighted by Crippen LogP contribution is 2.68. The SMILES string of the molecule is C[C@H](C=CC(=O)c1cccc[n+]1C)[C@H]1CC[C@H]2[C@@H]3CCC4CCCC[C@]4(C)[C@H]3CC[C@]12C.[Cl-]. The van der Waals surface area contributed by atoms with E-state index in [-0.39, 0.29) is 18.2 Å². The minimum absolute atomic E-state index is 0. The molecular weight excluding hydrogens is 426 g/mol. The summed E-state index contributed by atoms with van der Waals surface area (Å²) in [5.74, 6) is 5.17. The number of halogens is 1. The molecule has 0 spiro atoms. The first-order chi connectivity index (χ1) is 15.3. The van der Waals surface area contributed by atoms with Crippen LogP contribution in [0.3, 0.4) is 0 Å². The number of aryl methyl sites for hydroxylation is 1. The number of allylic oxidation sites excluding steroid dienone is 2. The number of ketones is 1. The van der Waals surface area contributed by atoms with E-state index in [1.54, 1.807) is 0 Å². The van der Waals surface area contributed by atoms with Gasteiger partial charge in [-0.1, -0.05) is 39.7 Å². The highest BCUT2D eigenvalue weighted by Gasteiger charge is 2.59. The van der Waals surface area contributed by atoms with Crippen molar-refractivity contribution in [3.05, 3.63) is 42.2 Å². The summed E-state index contributed by atoms with van der Waals surface area (Å²) in [6.07, 6.45) is 20.6. The fraction of sp³-hybridized carbons (Fsp3) is 0.733. The topological polar surface area (TPSA) is 20.9 Å². The number of carbonyl (C=O) groups is 1. The number of carbonyl (C=O) groups excluding carboxylic acids is 1. The molecule has 8 atom stereocenters. The smallest absolute Gasteiger partial charge is 0.252 e. The monoisotopic (exact) mass is 469 g/mol. The van der Waals surface area contributed by atoms with E-state index in [9.17, 15) is 4.79 Å². The fourth-order valence-corrected chi connectivity index (χ4v) is 9.44. The molecule has 0 bridgehead atoms. The maximum absolute atomic E-state index is 12.8. The molecule has 4 fully saturated rings. The van der Waals surface area contributed by atoms with Crippen molar-refractivity contribution >= 4 is 5.78 Å². The Kier molecular flexibility index (Phi) is 7.17. The third-order valence-corrected chi connectivity index (χ3v) is 11.1. The molecule has 1 unspecified atom stereocenters. The third kappa shape index (κ3) is 4.13. The van der Waals surface area contributed by atoms with Crippen LogP contribution >= 0.6 is 0 Å². The van der Waals surface area contributed by atoms with E-state index in [2.05, 4.69) is 26.8 Å². The van der Waals surface area contributed by atoms with Gasteiger partial charge in [-0.3, -0.25) is 4.79 Å². The second-order valence-corrected chi connectivity index (χ2v) is 12.4. The van der Waals surface area contributed by atoms with Crippen molar-refractivity contribution in [3.63, 3.8) is 0 Å². The van der Waals surface area contributed by atoms with Crippen LogP contribution in [0.15, 0.2) is 36.5 Å². The van der Waals surface area contributed by atoms with Gasteiger partial charge in [0.15, 0.2) is 6.20 Å². The average molecular weight is 470 g/mol. The lowest BCUT2D eigenvalue weighted by Gasteiger charge is -2.60. The molecule has 1 heterocycles. The highest BCUT2D eigenvalue weighted by molar-refractivity contribution is 6.01. The first-order valence-electron chi connectivity index (χ1n) is 13.5. The lowest BCUT2D eigenvalue weighted by Crippen LogP contribution is -3.00. The van der Waals surface area contributed by atoms with Crippen LogP contribution in [0.1, 0.15) is 95.5 Å². The normalized spacial score (nSPS) is 40.9. The molecule has 0 saturated heterocycles. The van der Waals surface area contributed by atoms with E-state index in [1.165, 1.54) is 64.2 Å². The molecule has 0 aromatic carbocycles. The van der Waals surface area contributed by atoms with Gasteiger partial charge in [-0.2, -0.15) is 4.57 Å². The summed E-state index contributed by atoms with van der Waals surface area (Å²) in [5, 5.41) is 0. The molecule has 182 valence electrons. The van der Waals surface area contributed by atoms with E-state index >= 15 is 0 Å². The Labute approximate surface area is 208 Å². The van der Waals surface area contributed by atoms with Crippen molar-refractivity contribution < 1.29 is 21.8 Å². The van der Waals surface area contributed by atoms with Gasteiger partial charge in [0.1, 0.15) is 7.05 Å². The van der Waals surface area contributed by atoms with E-state index < -0.39 is 0 Å². The first kappa shape index (κ1) is 25.0. The number of aromatic nitrogens is 1. The summed E-state index contributed by atoms with van der Waals surface area (Å²) in [7, 11) is 1.95. The zero-order valence-corrected chi connectivity index (χ0v) is 22.0. The van der Waals surface area contributed by atoms with Gasteiger partial charge in [-0.05, 0) is 110 Å². The lowest BCUT2D eigenvalue weighted by atomic mass is 9.44. The number of nitrogens with zero attached hydrogens (tertiary/aromatic N) is 1. The van der Waals surface area contributed by atoms with Gasteiger partial charge in [-0.25, -0.2) is 0 Å². The summed E-state index contributed by atoms with van der Waals surface area (Å²) >= 11 is 0. The quantitative estimate of drug-likeness (QED) is 0.371. The van der Waals surface area contributed by atoms with E-state index in [0.717, 1.165) is 35.3 Å². The largest absolute Gasteiger partial charge is 1.00 e. The summed E-state index contributed by atoms with van der Waals surface area (Å²) < 4.78 is 1.92. The van der Waals surface area contributed by atoms with Crippen LogP contribution in [0.4, 0.5) is 0 Å². The number of fused-ring (bicyclic) bond motifs is 5. The van der Waals surface area contributed by atoms with E-state index in [1.807, 2.05) is 42.1 Å². The second-order valence-electron chi connectivity index (χ2n) is 12.4. The molecule has 4 aliphatic carbocycles. The zero-order chi connectivity index (χ0) is 22.5. The molecule has 5 rings (SSSR count). The van der Waals surface area contributed by atoms with Gasteiger partial charge in [0.25, 0.3) is 5.69 Å². The van der Waals surface area contributed by atoms with Crippen LogP contribution in [0.2, 0.25) is 0 Å². The van der Waals surface area contributed by atoms with Crippen LogP contribution in [0.5, 0.6) is 0 Å². The first-order valence-corrected chi connectivity index (χ1v) is 13.5. The molecule has 1 aromatic heterocycles. The predicted octanol–water partition coefficient (Wildman–Crippen LogP) is 3.94. The molecule has 33 heavy (non-hydrogen) atoms. The van der Waals surface area contributed by atoms with Gasteiger partial charge >= 0.3 is 0 Å². The van der Waals surface area contributed by atoms with Gasteiger partial charge in [0, 0.05) is 12.1 Å². The molecule has 0 radical (unpaired) electrons. The van der Waals surface area contributed by atoms with Crippen molar-refractivity contribution in [2.45, 2.75) is 85.0 Å². The van der Waals surface area contributed by atoms with Crippen molar-refractivity contribution in [2.75, 3.05) is 0 Å². The van der Waals surface area contributed by atoms with Crippen LogP contribution in [0.25, 0.3) is 0 Å². The Morgan fingerprint density at radius 1 is 1.00 bits per heavy atom. The molecule has 2 nitrogen and oxygen atoms in total. The van der Waals surface area contributed by atoms with Crippen LogP contribution < -0.4 is 17.0 Å². The Hall–Kier alpha value is -1.15. The highest BCUT2D eigenvalue weighted by atomic mass is 35.5. The molecule has 4 saturated carbocycles. The second kappa shape index (κ2) is 9.48. The Balaban J connectivity index is 0.00000259. The summed E-state index contributed by atoms with van der Waals surface area (Å²) in [4.78, 5) is 12.8. The summed E-state index contributed by atoms with van der Waals surface area (Å²) in [6.45, 7) is 7.69. The predicted molar refractivity (Wildman–Crippen MR) is 130 cm³/mol. The number of rotatable bonds is 4. The minimum Gasteiger partial charge on any atom is -1.00 e. The standard InChI is InChI=1S/C30H44NO.ClH/c1-21(11-16-28(32)27-10-6-8-20-31(27)4)24-14-15-25-23-13-12-22-9-5-7-18-29(22,2)26(23)17-19-30(24,25)3;/h6,8,10-11,16,20-26H,5,7,9,12-15,17-19H2,1-4H3;1H/q+1;/p-1/t21-,22?,23+,24-,25+,26+,29+,30-;/m1./s1. The molecule has 4 aliphatic rings. The maximum Gasteiger partial charge on any atom is 0.252 e. The van der Waals surface area contributed by atoms with Crippen molar-refractivity contribution in [3.8, 4) is 0 Å². The molecule has 0 aliphatic heterocycles. The Morgan fingerprint density at radius 2 is 1.79 bits per heavy atom. The van der Waals surface area contributed by atoms with Crippen molar-refractivity contribution in [1.82, 2.24) is 0 Å². The molecule has 1 aromatic rings. The molecule has 0 N–H and O–H groups in total. The van der Waals surface area contributed by atoms with E-state index in [4.69, 9.17) is 0 Å². The Morgan fingerprint density at radius 3 is 2.58 bits per heavy atom. The Bertz CT molecular complexity index is 895. The van der Waals surface area contributed by atoms with E-state index in [0.29, 0.717) is 16.7 Å². The van der Waals surface area contributed by atoms with Crippen molar-refractivity contribution in [1.29, 1.82) is 0 Å².